The number of aromatic carboxylic acids is 1. The predicted molar refractivity (Wildman–Crippen MR) is 73.4 cm³/mol. The molecule has 0 amide bonds. The number of unbranched alkanes of at least 4 members (excludes halogenated alkanes) is 5. The van der Waals surface area contributed by atoms with Gasteiger partial charge in [-0.15, -0.1) is 0 Å². The van der Waals surface area contributed by atoms with Crippen LogP contribution in [0.3, 0.4) is 0 Å². The number of carbonyl (C=O) groups is 1. The van der Waals surface area contributed by atoms with Crippen LogP contribution in [0.15, 0.2) is 10.5 Å². The molecule has 0 unspecified atom stereocenters. The molecule has 0 atom stereocenters. The summed E-state index contributed by atoms with van der Waals surface area (Å²) in [5.74, 6) is -0.432. The summed E-state index contributed by atoms with van der Waals surface area (Å²) in [5.41, 5.74) is 0.644. The first kappa shape index (κ1) is 15.8. The highest BCUT2D eigenvalue weighted by atomic mass is 16.5. The molecule has 0 fully saturated rings. The lowest BCUT2D eigenvalue weighted by Crippen LogP contribution is -1.96. The topological polar surface area (TPSA) is 59.7 Å². The van der Waals surface area contributed by atoms with Crippen LogP contribution >= 0.6 is 0 Å². The van der Waals surface area contributed by atoms with Crippen molar-refractivity contribution in [2.75, 3.05) is 6.61 Å². The SMILES string of the molecule is CCCCCCCCOCc1cc(C)c(C(=O)O)o1. The summed E-state index contributed by atoms with van der Waals surface area (Å²) in [6, 6.07) is 1.73. The van der Waals surface area contributed by atoms with E-state index in [-0.39, 0.29) is 5.76 Å². The first-order valence-electron chi connectivity index (χ1n) is 7.05. The zero-order chi connectivity index (χ0) is 14.1. The molecule has 0 saturated carbocycles. The molecule has 0 aliphatic carbocycles. The minimum atomic E-state index is -1.03. The molecular formula is C15H24O4. The highest BCUT2D eigenvalue weighted by Crippen LogP contribution is 2.15. The fraction of sp³-hybridized carbons (Fsp3) is 0.667. The van der Waals surface area contributed by atoms with Gasteiger partial charge in [0.25, 0.3) is 0 Å². The third-order valence-corrected chi connectivity index (χ3v) is 3.05. The van der Waals surface area contributed by atoms with Gasteiger partial charge in [-0.05, 0) is 19.4 Å². The van der Waals surface area contributed by atoms with Crippen molar-refractivity contribution in [1.82, 2.24) is 0 Å². The summed E-state index contributed by atoms with van der Waals surface area (Å²) in [7, 11) is 0. The molecule has 1 rings (SSSR count). The molecule has 4 nitrogen and oxygen atoms in total. The maximum Gasteiger partial charge on any atom is 0.372 e. The summed E-state index contributed by atoms with van der Waals surface area (Å²) in [6.45, 7) is 4.99. The second kappa shape index (κ2) is 8.75. The van der Waals surface area contributed by atoms with Crippen molar-refractivity contribution < 1.29 is 19.1 Å². The Hall–Kier alpha value is -1.29. The molecule has 0 bridgehead atoms. The second-order valence-electron chi connectivity index (χ2n) is 4.85. The van der Waals surface area contributed by atoms with Gasteiger partial charge < -0.3 is 14.3 Å². The number of hydrogen-bond acceptors (Lipinski definition) is 3. The quantitative estimate of drug-likeness (QED) is 0.647. The van der Waals surface area contributed by atoms with Crippen LogP contribution in [0.2, 0.25) is 0 Å². The zero-order valence-electron chi connectivity index (χ0n) is 11.9. The van der Waals surface area contributed by atoms with E-state index in [4.69, 9.17) is 14.3 Å². The third-order valence-electron chi connectivity index (χ3n) is 3.05. The highest BCUT2D eigenvalue weighted by Gasteiger charge is 2.13. The molecule has 0 spiro atoms. The molecule has 0 aliphatic rings. The molecule has 19 heavy (non-hydrogen) atoms. The lowest BCUT2D eigenvalue weighted by atomic mass is 10.1. The number of furan rings is 1. The van der Waals surface area contributed by atoms with Crippen LogP contribution in [0, 0.1) is 6.92 Å². The highest BCUT2D eigenvalue weighted by molar-refractivity contribution is 5.86. The standard InChI is InChI=1S/C15H24O4/c1-3-4-5-6-7-8-9-18-11-13-10-12(2)14(19-13)15(16)17/h10H,3-9,11H2,1-2H3,(H,16,17). The molecule has 108 valence electrons. The van der Waals surface area contributed by atoms with Gasteiger partial charge in [0, 0.05) is 12.2 Å². The van der Waals surface area contributed by atoms with E-state index in [1.807, 2.05) is 0 Å². The Kier molecular flexibility index (Phi) is 7.26. The Balaban J connectivity index is 2.12. The van der Waals surface area contributed by atoms with Gasteiger partial charge >= 0.3 is 5.97 Å². The number of ether oxygens (including phenoxy) is 1. The summed E-state index contributed by atoms with van der Waals surface area (Å²) in [4.78, 5) is 10.8. The smallest absolute Gasteiger partial charge is 0.372 e. The Bertz CT molecular complexity index is 381. The summed E-state index contributed by atoms with van der Waals surface area (Å²) >= 11 is 0. The number of aryl methyl sites for hydroxylation is 1. The lowest BCUT2D eigenvalue weighted by Gasteiger charge is -2.02. The number of hydrogen-bond donors (Lipinski definition) is 1. The molecule has 0 saturated heterocycles. The first-order chi connectivity index (χ1) is 9.15. The fourth-order valence-corrected chi connectivity index (χ4v) is 1.99. The van der Waals surface area contributed by atoms with Gasteiger partial charge in [0.15, 0.2) is 0 Å². The van der Waals surface area contributed by atoms with E-state index < -0.39 is 5.97 Å². The Morgan fingerprint density at radius 2 is 1.95 bits per heavy atom. The van der Waals surface area contributed by atoms with E-state index in [2.05, 4.69) is 6.92 Å². The van der Waals surface area contributed by atoms with Crippen LogP contribution in [-0.4, -0.2) is 17.7 Å². The monoisotopic (exact) mass is 268 g/mol. The van der Waals surface area contributed by atoms with Crippen LogP contribution in [-0.2, 0) is 11.3 Å². The van der Waals surface area contributed by atoms with E-state index in [1.165, 1.54) is 32.1 Å². The van der Waals surface area contributed by atoms with E-state index in [0.717, 1.165) is 6.42 Å². The molecule has 0 radical (unpaired) electrons. The maximum absolute atomic E-state index is 10.8. The maximum atomic E-state index is 10.8. The summed E-state index contributed by atoms with van der Waals surface area (Å²) in [5, 5.41) is 8.86. The molecule has 4 heteroatoms. The van der Waals surface area contributed by atoms with E-state index in [0.29, 0.717) is 24.5 Å². The van der Waals surface area contributed by atoms with E-state index in [1.54, 1.807) is 13.0 Å². The Morgan fingerprint density at radius 1 is 1.26 bits per heavy atom. The van der Waals surface area contributed by atoms with Crippen molar-refractivity contribution in [2.45, 2.75) is 59.0 Å². The van der Waals surface area contributed by atoms with E-state index in [9.17, 15) is 4.79 Å². The van der Waals surface area contributed by atoms with Crippen molar-refractivity contribution in [3.8, 4) is 0 Å². The summed E-state index contributed by atoms with van der Waals surface area (Å²) < 4.78 is 10.7. The van der Waals surface area contributed by atoms with Crippen molar-refractivity contribution in [1.29, 1.82) is 0 Å². The van der Waals surface area contributed by atoms with Crippen LogP contribution in [0.5, 0.6) is 0 Å². The largest absolute Gasteiger partial charge is 0.475 e. The van der Waals surface area contributed by atoms with Crippen LogP contribution in [0.4, 0.5) is 0 Å². The van der Waals surface area contributed by atoms with E-state index >= 15 is 0 Å². The van der Waals surface area contributed by atoms with Crippen LogP contribution < -0.4 is 0 Å². The molecule has 1 N–H and O–H groups in total. The molecule has 0 aliphatic heterocycles. The minimum absolute atomic E-state index is 0.0122. The van der Waals surface area contributed by atoms with Crippen LogP contribution in [0.25, 0.3) is 0 Å². The number of carboxylic acids is 1. The molecule has 1 heterocycles. The second-order valence-corrected chi connectivity index (χ2v) is 4.85. The van der Waals surface area contributed by atoms with Crippen LogP contribution in [0.1, 0.15) is 67.3 Å². The fourth-order valence-electron chi connectivity index (χ4n) is 1.99. The van der Waals surface area contributed by atoms with Gasteiger partial charge in [0.1, 0.15) is 12.4 Å². The predicted octanol–water partition coefficient (Wildman–Crippen LogP) is 4.16. The van der Waals surface area contributed by atoms with Gasteiger partial charge in [0.2, 0.25) is 5.76 Å². The lowest BCUT2D eigenvalue weighted by molar-refractivity contribution is 0.0645. The zero-order valence-corrected chi connectivity index (χ0v) is 11.9. The van der Waals surface area contributed by atoms with Gasteiger partial charge in [-0.1, -0.05) is 39.0 Å². The first-order valence-corrected chi connectivity index (χ1v) is 7.05. The molecular weight excluding hydrogens is 244 g/mol. The molecule has 1 aromatic rings. The molecule has 1 aromatic heterocycles. The minimum Gasteiger partial charge on any atom is -0.475 e. The molecule has 0 aromatic carbocycles. The summed E-state index contributed by atoms with van der Waals surface area (Å²) in [6.07, 6.45) is 7.38. The number of carboxylic acid groups (broad SMARTS) is 1. The normalized spacial score (nSPS) is 10.8. The van der Waals surface area contributed by atoms with Crippen molar-refractivity contribution >= 4 is 5.97 Å². The van der Waals surface area contributed by atoms with Gasteiger partial charge in [-0.2, -0.15) is 0 Å². The van der Waals surface area contributed by atoms with Gasteiger partial charge in [0.05, 0.1) is 0 Å². The Morgan fingerprint density at radius 3 is 2.58 bits per heavy atom. The Labute approximate surface area is 114 Å². The van der Waals surface area contributed by atoms with Gasteiger partial charge in [-0.25, -0.2) is 4.79 Å². The van der Waals surface area contributed by atoms with Crippen molar-refractivity contribution in [3.05, 3.63) is 23.2 Å². The average Bonchev–Trinajstić information content (AvgIpc) is 2.74. The van der Waals surface area contributed by atoms with Crippen molar-refractivity contribution in [3.63, 3.8) is 0 Å². The average molecular weight is 268 g/mol. The van der Waals surface area contributed by atoms with Crippen molar-refractivity contribution in [2.24, 2.45) is 0 Å². The van der Waals surface area contributed by atoms with Gasteiger partial charge in [-0.3, -0.25) is 0 Å². The third kappa shape index (κ3) is 5.92. The number of rotatable bonds is 10.